The van der Waals surface area contributed by atoms with E-state index in [1.165, 1.54) is 22.3 Å². The fraction of sp³-hybridized carbons (Fsp3) is 0.381. The lowest BCUT2D eigenvalue weighted by Gasteiger charge is -2.22. The van der Waals surface area contributed by atoms with Gasteiger partial charge in [-0.1, -0.05) is 48.5 Å². The SMILES string of the molecule is CCN(CCOCCO)C(=O)OCC1c2ccccc2-c2ccccc21. The molecule has 5 heteroatoms. The molecule has 0 unspecified atom stereocenters. The maximum Gasteiger partial charge on any atom is 0.409 e. The molecule has 5 nitrogen and oxygen atoms in total. The van der Waals surface area contributed by atoms with Crippen LogP contribution in [0, 0.1) is 0 Å². The minimum atomic E-state index is -0.332. The number of carbonyl (C=O) groups excluding carboxylic acids is 1. The summed E-state index contributed by atoms with van der Waals surface area (Å²) in [7, 11) is 0. The van der Waals surface area contributed by atoms with Crippen LogP contribution in [0.4, 0.5) is 4.79 Å². The molecule has 0 atom stereocenters. The maximum atomic E-state index is 12.4. The predicted octanol–water partition coefficient (Wildman–Crippen LogP) is 3.27. The van der Waals surface area contributed by atoms with Crippen molar-refractivity contribution < 1.29 is 19.4 Å². The van der Waals surface area contributed by atoms with E-state index in [1.807, 2.05) is 31.2 Å². The number of carbonyl (C=O) groups is 1. The average Bonchev–Trinajstić information content (AvgIpc) is 3.00. The zero-order valence-electron chi connectivity index (χ0n) is 15.1. The van der Waals surface area contributed by atoms with Crippen LogP contribution >= 0.6 is 0 Å². The van der Waals surface area contributed by atoms with E-state index in [9.17, 15) is 4.79 Å². The molecule has 0 aliphatic heterocycles. The summed E-state index contributed by atoms with van der Waals surface area (Å²) in [6.07, 6.45) is -0.332. The number of likely N-dealkylation sites (N-methyl/N-ethyl adjacent to an activating group) is 1. The minimum Gasteiger partial charge on any atom is -0.448 e. The summed E-state index contributed by atoms with van der Waals surface area (Å²) in [5, 5.41) is 8.73. The van der Waals surface area contributed by atoms with Crippen LogP contribution in [0.3, 0.4) is 0 Å². The van der Waals surface area contributed by atoms with Crippen molar-refractivity contribution in [2.24, 2.45) is 0 Å². The van der Waals surface area contributed by atoms with E-state index in [0.717, 1.165) is 0 Å². The van der Waals surface area contributed by atoms with Gasteiger partial charge in [0.2, 0.25) is 0 Å². The summed E-state index contributed by atoms with van der Waals surface area (Å²) >= 11 is 0. The Morgan fingerprint density at radius 2 is 1.65 bits per heavy atom. The van der Waals surface area contributed by atoms with Gasteiger partial charge in [-0.3, -0.25) is 0 Å². The third-order valence-electron chi connectivity index (χ3n) is 4.72. The van der Waals surface area contributed by atoms with Crippen LogP contribution in [0.5, 0.6) is 0 Å². The lowest BCUT2D eigenvalue weighted by atomic mass is 9.98. The van der Waals surface area contributed by atoms with Crippen LogP contribution in [0.15, 0.2) is 48.5 Å². The van der Waals surface area contributed by atoms with E-state index in [-0.39, 0.29) is 25.2 Å². The molecule has 0 fully saturated rings. The fourth-order valence-corrected chi connectivity index (χ4v) is 3.41. The molecule has 0 aromatic heterocycles. The standard InChI is InChI=1S/C21H25NO4/c1-2-22(11-13-25-14-12-23)21(24)26-15-20-18-9-5-3-7-16(18)17-8-4-6-10-19(17)20/h3-10,20,23H,2,11-15H2,1H3. The van der Waals surface area contributed by atoms with E-state index in [1.54, 1.807) is 4.90 Å². The first-order valence-electron chi connectivity index (χ1n) is 9.04. The molecule has 0 radical (unpaired) electrons. The smallest absolute Gasteiger partial charge is 0.409 e. The zero-order valence-corrected chi connectivity index (χ0v) is 15.1. The summed E-state index contributed by atoms with van der Waals surface area (Å²) in [5.41, 5.74) is 4.84. The van der Waals surface area contributed by atoms with Crippen molar-refractivity contribution in [1.29, 1.82) is 0 Å². The molecule has 1 aliphatic carbocycles. The second kappa shape index (κ2) is 8.83. The van der Waals surface area contributed by atoms with E-state index >= 15 is 0 Å². The number of rotatable bonds is 8. The Bertz CT molecular complexity index is 701. The Balaban J connectivity index is 1.64. The molecular weight excluding hydrogens is 330 g/mol. The minimum absolute atomic E-state index is 0.0168. The maximum absolute atomic E-state index is 12.4. The Morgan fingerprint density at radius 3 is 2.23 bits per heavy atom. The van der Waals surface area contributed by atoms with Gasteiger partial charge < -0.3 is 19.5 Å². The highest BCUT2D eigenvalue weighted by Crippen LogP contribution is 2.44. The third-order valence-corrected chi connectivity index (χ3v) is 4.72. The molecule has 0 heterocycles. The number of aliphatic hydroxyl groups excluding tert-OH is 1. The van der Waals surface area contributed by atoms with Crippen molar-refractivity contribution in [2.45, 2.75) is 12.8 Å². The average molecular weight is 355 g/mol. The summed E-state index contributed by atoms with van der Waals surface area (Å²) in [6, 6.07) is 16.6. The van der Waals surface area contributed by atoms with Crippen molar-refractivity contribution in [2.75, 3.05) is 39.5 Å². The van der Waals surface area contributed by atoms with Gasteiger partial charge in [0.1, 0.15) is 6.61 Å². The quantitative estimate of drug-likeness (QED) is 0.739. The van der Waals surface area contributed by atoms with E-state index in [4.69, 9.17) is 14.6 Å². The number of nitrogens with zero attached hydrogens (tertiary/aromatic N) is 1. The molecule has 0 saturated carbocycles. The van der Waals surface area contributed by atoms with Crippen LogP contribution in [0.2, 0.25) is 0 Å². The molecule has 0 spiro atoms. The number of hydrogen-bond donors (Lipinski definition) is 1. The molecule has 26 heavy (non-hydrogen) atoms. The first-order valence-corrected chi connectivity index (χ1v) is 9.04. The van der Waals surface area contributed by atoms with Gasteiger partial charge in [-0.05, 0) is 29.2 Å². The van der Waals surface area contributed by atoms with Gasteiger partial charge in [0, 0.05) is 19.0 Å². The number of amides is 1. The topological polar surface area (TPSA) is 59.0 Å². The predicted molar refractivity (Wildman–Crippen MR) is 100 cm³/mol. The highest BCUT2D eigenvalue weighted by atomic mass is 16.6. The van der Waals surface area contributed by atoms with Crippen LogP contribution in [-0.4, -0.2) is 55.6 Å². The van der Waals surface area contributed by atoms with E-state index in [2.05, 4.69) is 24.3 Å². The molecule has 1 aliphatic rings. The van der Waals surface area contributed by atoms with Crippen LogP contribution in [0.25, 0.3) is 11.1 Å². The van der Waals surface area contributed by atoms with Gasteiger partial charge in [-0.2, -0.15) is 0 Å². The number of ether oxygens (including phenoxy) is 2. The van der Waals surface area contributed by atoms with Crippen molar-refractivity contribution in [3.05, 3.63) is 59.7 Å². The van der Waals surface area contributed by atoms with Crippen LogP contribution < -0.4 is 0 Å². The Morgan fingerprint density at radius 1 is 1.04 bits per heavy atom. The van der Waals surface area contributed by atoms with Crippen molar-refractivity contribution in [1.82, 2.24) is 4.90 Å². The highest BCUT2D eigenvalue weighted by molar-refractivity contribution is 5.79. The van der Waals surface area contributed by atoms with Gasteiger partial charge in [-0.25, -0.2) is 4.79 Å². The molecule has 138 valence electrons. The largest absolute Gasteiger partial charge is 0.448 e. The first-order chi connectivity index (χ1) is 12.8. The Kier molecular flexibility index (Phi) is 6.26. The Labute approximate surface area is 154 Å². The Hall–Kier alpha value is -2.37. The normalized spacial score (nSPS) is 12.5. The molecule has 2 aromatic carbocycles. The molecule has 1 amide bonds. The van der Waals surface area contributed by atoms with Gasteiger partial charge in [0.25, 0.3) is 0 Å². The molecular formula is C21H25NO4. The second-order valence-electron chi connectivity index (χ2n) is 6.22. The molecule has 3 rings (SSSR count). The van der Waals surface area contributed by atoms with Crippen LogP contribution in [0.1, 0.15) is 24.0 Å². The van der Waals surface area contributed by atoms with Crippen molar-refractivity contribution in [3.63, 3.8) is 0 Å². The first kappa shape index (κ1) is 18.4. The van der Waals surface area contributed by atoms with Gasteiger partial charge in [-0.15, -0.1) is 0 Å². The van der Waals surface area contributed by atoms with Crippen molar-refractivity contribution >= 4 is 6.09 Å². The fourth-order valence-electron chi connectivity index (χ4n) is 3.41. The van der Waals surface area contributed by atoms with E-state index in [0.29, 0.717) is 26.3 Å². The lowest BCUT2D eigenvalue weighted by molar-refractivity contribution is 0.0616. The van der Waals surface area contributed by atoms with Crippen molar-refractivity contribution in [3.8, 4) is 11.1 Å². The summed E-state index contributed by atoms with van der Waals surface area (Å²) in [4.78, 5) is 14.0. The monoisotopic (exact) mass is 355 g/mol. The molecule has 0 saturated heterocycles. The summed E-state index contributed by atoms with van der Waals surface area (Å²) in [5.74, 6) is 0.0655. The highest BCUT2D eigenvalue weighted by Gasteiger charge is 2.29. The molecule has 0 bridgehead atoms. The summed E-state index contributed by atoms with van der Waals surface area (Å²) in [6.45, 7) is 3.89. The molecule has 1 N–H and O–H groups in total. The van der Waals surface area contributed by atoms with Gasteiger partial charge in [0.05, 0.1) is 19.8 Å². The van der Waals surface area contributed by atoms with Crippen LogP contribution in [-0.2, 0) is 9.47 Å². The molecule has 2 aromatic rings. The lowest BCUT2D eigenvalue weighted by Crippen LogP contribution is -2.35. The zero-order chi connectivity index (χ0) is 18.4. The number of fused-ring (bicyclic) bond motifs is 3. The number of hydrogen-bond acceptors (Lipinski definition) is 4. The number of benzene rings is 2. The second-order valence-corrected chi connectivity index (χ2v) is 6.22. The number of aliphatic hydroxyl groups is 1. The van der Waals surface area contributed by atoms with Gasteiger partial charge in [0.15, 0.2) is 0 Å². The van der Waals surface area contributed by atoms with E-state index < -0.39 is 0 Å². The third kappa shape index (κ3) is 3.89. The summed E-state index contributed by atoms with van der Waals surface area (Å²) < 4.78 is 10.9. The van der Waals surface area contributed by atoms with Gasteiger partial charge >= 0.3 is 6.09 Å².